The van der Waals surface area contributed by atoms with Gasteiger partial charge < -0.3 is 19.4 Å². The van der Waals surface area contributed by atoms with E-state index in [2.05, 4.69) is 15.5 Å². The van der Waals surface area contributed by atoms with Gasteiger partial charge in [-0.05, 0) is 37.8 Å². The Bertz CT molecular complexity index is 1010. The van der Waals surface area contributed by atoms with E-state index >= 15 is 0 Å². The molecule has 0 radical (unpaired) electrons. The van der Waals surface area contributed by atoms with Gasteiger partial charge in [-0.25, -0.2) is 4.39 Å². The number of halogens is 1. The lowest BCUT2D eigenvalue weighted by Crippen LogP contribution is -2.47. The van der Waals surface area contributed by atoms with Crippen LogP contribution in [0.25, 0.3) is 0 Å². The van der Waals surface area contributed by atoms with Crippen molar-refractivity contribution in [1.82, 2.24) is 29.5 Å². The number of pyridine rings is 1. The van der Waals surface area contributed by atoms with Gasteiger partial charge in [0, 0.05) is 30.7 Å². The number of likely N-dealkylation sites (tertiary alicyclic amines) is 1. The maximum Gasteiger partial charge on any atom is 0.263 e. The van der Waals surface area contributed by atoms with Crippen molar-refractivity contribution in [3.63, 3.8) is 0 Å². The minimum absolute atomic E-state index is 0.0550. The van der Waals surface area contributed by atoms with Crippen LogP contribution in [0.1, 0.15) is 48.1 Å². The third kappa shape index (κ3) is 3.40. The predicted molar refractivity (Wildman–Crippen MR) is 103 cm³/mol. The van der Waals surface area contributed by atoms with Crippen LogP contribution in [0.15, 0.2) is 35.8 Å². The van der Waals surface area contributed by atoms with Gasteiger partial charge in [0.1, 0.15) is 24.4 Å². The summed E-state index contributed by atoms with van der Waals surface area (Å²) in [6, 6.07) is 2.75. The Balaban J connectivity index is 1.19. The lowest BCUT2D eigenvalue weighted by atomic mass is 9.79. The molecule has 1 saturated heterocycles. The van der Waals surface area contributed by atoms with Crippen LogP contribution in [0.5, 0.6) is 0 Å². The van der Waals surface area contributed by atoms with Crippen molar-refractivity contribution in [2.45, 2.75) is 50.0 Å². The first-order chi connectivity index (χ1) is 14.5. The van der Waals surface area contributed by atoms with Gasteiger partial charge in [-0.2, -0.15) is 0 Å². The first-order valence-electron chi connectivity index (χ1n) is 10.3. The molecular weight excluding hydrogens is 391 g/mol. The van der Waals surface area contributed by atoms with Crippen molar-refractivity contribution in [3.05, 3.63) is 46.9 Å². The molecule has 2 atom stereocenters. The SMILES string of the molecule is O=C(N[C@H]1CN(C(=O)c2cccn(C3CC3)c2=O)C[C@H]1F)C1CC(n2cnnc2)C1. The molecule has 1 aliphatic heterocycles. The molecule has 9 nitrogen and oxygen atoms in total. The van der Waals surface area contributed by atoms with Gasteiger partial charge in [-0.3, -0.25) is 14.4 Å². The molecule has 2 aromatic rings. The fraction of sp³-hybridized carbons (Fsp3) is 0.550. The summed E-state index contributed by atoms with van der Waals surface area (Å²) in [5.74, 6) is -0.864. The van der Waals surface area contributed by atoms with Crippen molar-refractivity contribution in [2.24, 2.45) is 5.92 Å². The Morgan fingerprint density at radius 2 is 1.83 bits per heavy atom. The molecule has 0 unspecified atom stereocenters. The standard InChI is InChI=1S/C20H23FN6O3/c21-16-8-25(19(29)15-2-1-5-27(20(15)30)13-3-4-13)9-17(16)24-18(28)12-6-14(7-12)26-10-22-23-11-26/h1-2,5,10-14,16-17H,3-4,6-9H2,(H,24,28)/t12?,14?,16-,17+/m1/s1. The summed E-state index contributed by atoms with van der Waals surface area (Å²) in [6.45, 7) is -0.0688. The third-order valence-electron chi connectivity index (χ3n) is 6.35. The van der Waals surface area contributed by atoms with E-state index in [1.165, 1.54) is 11.0 Å². The Kier molecular flexibility index (Phi) is 4.63. The van der Waals surface area contributed by atoms with Crippen LogP contribution in [-0.4, -0.2) is 61.3 Å². The maximum atomic E-state index is 14.6. The highest BCUT2D eigenvalue weighted by molar-refractivity contribution is 5.94. The van der Waals surface area contributed by atoms with Crippen LogP contribution in [-0.2, 0) is 4.79 Å². The number of hydrogen-bond acceptors (Lipinski definition) is 5. The van der Waals surface area contributed by atoms with Crippen molar-refractivity contribution >= 4 is 11.8 Å². The summed E-state index contributed by atoms with van der Waals surface area (Å²) in [6.07, 6.45) is 6.74. The van der Waals surface area contributed by atoms with Crippen LogP contribution in [0.3, 0.4) is 0 Å². The number of carbonyl (C=O) groups is 2. The Morgan fingerprint density at radius 3 is 2.53 bits per heavy atom. The molecule has 2 saturated carbocycles. The van der Waals surface area contributed by atoms with Crippen molar-refractivity contribution in [1.29, 1.82) is 0 Å². The molecule has 5 rings (SSSR count). The first kappa shape index (κ1) is 19.0. The molecule has 2 aliphatic carbocycles. The van der Waals surface area contributed by atoms with Crippen molar-refractivity contribution in [3.8, 4) is 0 Å². The monoisotopic (exact) mass is 414 g/mol. The molecule has 2 aromatic heterocycles. The zero-order valence-corrected chi connectivity index (χ0v) is 16.4. The molecular formula is C20H23FN6O3. The predicted octanol–water partition coefficient (Wildman–Crippen LogP) is 0.705. The lowest BCUT2D eigenvalue weighted by Gasteiger charge is -2.35. The minimum Gasteiger partial charge on any atom is -0.348 e. The molecule has 3 heterocycles. The molecule has 0 spiro atoms. The van der Waals surface area contributed by atoms with Crippen LogP contribution in [0.4, 0.5) is 4.39 Å². The summed E-state index contributed by atoms with van der Waals surface area (Å²) < 4.78 is 18.0. The van der Waals surface area contributed by atoms with E-state index < -0.39 is 18.1 Å². The number of aromatic nitrogens is 4. The van der Waals surface area contributed by atoms with Crippen LogP contribution in [0.2, 0.25) is 0 Å². The summed E-state index contributed by atoms with van der Waals surface area (Å²) in [7, 11) is 0. The van der Waals surface area contributed by atoms with Crippen molar-refractivity contribution in [2.75, 3.05) is 13.1 Å². The largest absolute Gasteiger partial charge is 0.348 e. The third-order valence-corrected chi connectivity index (χ3v) is 6.35. The highest BCUT2D eigenvalue weighted by Crippen LogP contribution is 2.37. The van der Waals surface area contributed by atoms with E-state index in [0.717, 1.165) is 12.8 Å². The van der Waals surface area contributed by atoms with E-state index in [0.29, 0.717) is 12.8 Å². The molecule has 158 valence electrons. The van der Waals surface area contributed by atoms with Crippen LogP contribution >= 0.6 is 0 Å². The molecule has 2 amide bonds. The molecule has 10 heteroatoms. The normalized spacial score (nSPS) is 28.2. The van der Waals surface area contributed by atoms with Crippen LogP contribution < -0.4 is 10.9 Å². The topological polar surface area (TPSA) is 102 Å². The summed E-state index contributed by atoms with van der Waals surface area (Å²) >= 11 is 0. The van der Waals surface area contributed by atoms with Gasteiger partial charge in [0.2, 0.25) is 5.91 Å². The Hall–Kier alpha value is -3.04. The van der Waals surface area contributed by atoms with Crippen molar-refractivity contribution < 1.29 is 14.0 Å². The van der Waals surface area contributed by atoms with E-state index in [1.54, 1.807) is 29.5 Å². The number of nitrogens with one attached hydrogen (secondary N) is 1. The zero-order chi connectivity index (χ0) is 20.8. The summed E-state index contributed by atoms with van der Waals surface area (Å²) in [5.41, 5.74) is -0.276. The highest BCUT2D eigenvalue weighted by atomic mass is 19.1. The average molecular weight is 414 g/mol. The number of hydrogen-bond donors (Lipinski definition) is 1. The second-order valence-corrected chi connectivity index (χ2v) is 8.44. The van der Waals surface area contributed by atoms with Gasteiger partial charge in [0.25, 0.3) is 11.5 Å². The molecule has 1 N–H and O–H groups in total. The van der Waals surface area contributed by atoms with E-state index in [9.17, 15) is 18.8 Å². The minimum atomic E-state index is -1.36. The average Bonchev–Trinajstić information content (AvgIpc) is 3.27. The van der Waals surface area contributed by atoms with E-state index in [1.807, 2.05) is 4.57 Å². The Labute approximate surface area is 171 Å². The molecule has 0 bridgehead atoms. The second kappa shape index (κ2) is 7.33. The maximum absolute atomic E-state index is 14.6. The fourth-order valence-electron chi connectivity index (χ4n) is 4.29. The van der Waals surface area contributed by atoms with Crippen LogP contribution in [0, 0.1) is 5.92 Å². The van der Waals surface area contributed by atoms with Gasteiger partial charge in [0.15, 0.2) is 0 Å². The molecule has 30 heavy (non-hydrogen) atoms. The van der Waals surface area contributed by atoms with Gasteiger partial charge in [0.05, 0.1) is 12.6 Å². The molecule has 0 aromatic carbocycles. The molecule has 3 fully saturated rings. The summed E-state index contributed by atoms with van der Waals surface area (Å²) in [5, 5.41) is 10.3. The van der Waals surface area contributed by atoms with Gasteiger partial charge in [-0.15, -0.1) is 10.2 Å². The van der Waals surface area contributed by atoms with Gasteiger partial charge in [-0.1, -0.05) is 0 Å². The smallest absolute Gasteiger partial charge is 0.263 e. The quantitative estimate of drug-likeness (QED) is 0.776. The van der Waals surface area contributed by atoms with Gasteiger partial charge >= 0.3 is 0 Å². The second-order valence-electron chi connectivity index (χ2n) is 8.44. The summed E-state index contributed by atoms with van der Waals surface area (Å²) in [4.78, 5) is 39.2. The van der Waals surface area contributed by atoms with E-state index in [4.69, 9.17) is 0 Å². The number of rotatable bonds is 5. The number of carbonyl (C=O) groups excluding carboxylic acids is 2. The Morgan fingerprint density at radius 1 is 1.10 bits per heavy atom. The number of alkyl halides is 1. The zero-order valence-electron chi connectivity index (χ0n) is 16.4. The van der Waals surface area contributed by atoms with E-state index in [-0.39, 0.29) is 48.1 Å². The molecule has 3 aliphatic rings. The fourth-order valence-corrected chi connectivity index (χ4v) is 4.29. The first-order valence-corrected chi connectivity index (χ1v) is 10.3. The number of amides is 2. The lowest BCUT2D eigenvalue weighted by molar-refractivity contribution is -0.129. The highest BCUT2D eigenvalue weighted by Gasteiger charge is 2.41. The number of nitrogens with zero attached hydrogens (tertiary/aromatic N) is 5.